The number of rotatable bonds is 4. The number of aromatic nitrogens is 2. The molecule has 3 heterocycles. The van der Waals surface area contributed by atoms with Gasteiger partial charge in [0.25, 0.3) is 0 Å². The number of benzene rings is 1. The van der Waals surface area contributed by atoms with Gasteiger partial charge in [0.1, 0.15) is 5.02 Å². The molecule has 1 saturated heterocycles. The number of nitrogens with zero attached hydrogens (tertiary/aromatic N) is 4. The van der Waals surface area contributed by atoms with Gasteiger partial charge in [0, 0.05) is 31.0 Å². The van der Waals surface area contributed by atoms with Crippen LogP contribution in [0, 0.1) is 5.92 Å². The first kappa shape index (κ1) is 18.2. The minimum Gasteiger partial charge on any atom is -0.339 e. The van der Waals surface area contributed by atoms with Gasteiger partial charge < -0.3 is 15.5 Å². The predicted molar refractivity (Wildman–Crippen MR) is 112 cm³/mol. The Hall–Kier alpha value is -2.18. The van der Waals surface area contributed by atoms with Gasteiger partial charge in [-0.15, -0.1) is 0 Å². The van der Waals surface area contributed by atoms with Crippen LogP contribution in [0.1, 0.15) is 31.4 Å². The minimum atomic E-state index is 0.430. The van der Waals surface area contributed by atoms with Gasteiger partial charge >= 0.3 is 0 Å². The van der Waals surface area contributed by atoms with Gasteiger partial charge in [-0.1, -0.05) is 31.5 Å². The van der Waals surface area contributed by atoms with Crippen LogP contribution in [-0.4, -0.2) is 41.9 Å². The number of anilines is 3. The number of halogens is 1. The molecule has 0 bridgehead atoms. The molecular formula is C20H25ClN6. The second kappa shape index (κ2) is 7.82. The van der Waals surface area contributed by atoms with E-state index < -0.39 is 0 Å². The molecule has 1 unspecified atom stereocenters. The number of fused-ring (bicyclic) bond motifs is 1. The molecule has 142 valence electrons. The molecule has 1 aromatic heterocycles. The third-order valence-electron chi connectivity index (χ3n) is 5.15. The maximum Gasteiger partial charge on any atom is 0.227 e. The number of hydrogen-bond donors (Lipinski definition) is 2. The molecule has 1 aromatic carbocycles. The molecule has 1 atom stereocenters. The van der Waals surface area contributed by atoms with E-state index in [1.165, 1.54) is 5.56 Å². The summed E-state index contributed by atoms with van der Waals surface area (Å²) in [7, 11) is 0. The van der Waals surface area contributed by atoms with Crippen molar-refractivity contribution in [1.82, 2.24) is 15.3 Å². The summed E-state index contributed by atoms with van der Waals surface area (Å²) in [6, 6.07) is 6.64. The molecule has 4 rings (SSSR count). The number of aliphatic imine (C=N–C) groups is 1. The van der Waals surface area contributed by atoms with Crippen molar-refractivity contribution in [2.24, 2.45) is 10.9 Å². The van der Waals surface area contributed by atoms with E-state index in [4.69, 9.17) is 16.6 Å². The normalized spacial score (nSPS) is 19.3. The molecular weight excluding hydrogens is 360 g/mol. The van der Waals surface area contributed by atoms with Gasteiger partial charge in [-0.3, -0.25) is 4.99 Å². The highest BCUT2D eigenvalue weighted by atomic mass is 35.5. The molecule has 6 nitrogen and oxygen atoms in total. The number of hydrogen-bond acceptors (Lipinski definition) is 6. The Kier molecular flexibility index (Phi) is 5.27. The zero-order valence-electron chi connectivity index (χ0n) is 15.7. The Balaban J connectivity index is 1.56. The first-order valence-electron chi connectivity index (χ1n) is 9.51. The Morgan fingerprint density at radius 2 is 2.22 bits per heavy atom. The maximum absolute atomic E-state index is 6.37. The van der Waals surface area contributed by atoms with Crippen molar-refractivity contribution in [1.29, 1.82) is 0 Å². The van der Waals surface area contributed by atoms with E-state index in [0.717, 1.165) is 49.8 Å². The third-order valence-corrected chi connectivity index (χ3v) is 5.42. The van der Waals surface area contributed by atoms with E-state index in [1.807, 2.05) is 12.3 Å². The first-order chi connectivity index (χ1) is 13.1. The highest BCUT2D eigenvalue weighted by molar-refractivity contribution is 6.32. The smallest absolute Gasteiger partial charge is 0.227 e. The van der Waals surface area contributed by atoms with Gasteiger partial charge in [0.15, 0.2) is 5.82 Å². The lowest BCUT2D eigenvalue weighted by Gasteiger charge is -2.27. The van der Waals surface area contributed by atoms with Crippen LogP contribution in [0.3, 0.4) is 0 Å². The Bertz CT molecular complexity index is 850. The number of nitrogens with one attached hydrogen (secondary N) is 2. The SMILES string of the molecule is CC(C)C1CN(c2ncc(Cl)c(Nc3ccc4c(c3)C=NC4)n2)CCCN1. The van der Waals surface area contributed by atoms with Crippen LogP contribution >= 0.6 is 11.6 Å². The zero-order chi connectivity index (χ0) is 18.8. The summed E-state index contributed by atoms with van der Waals surface area (Å²) < 4.78 is 0. The lowest BCUT2D eigenvalue weighted by atomic mass is 10.0. The van der Waals surface area contributed by atoms with Crippen molar-refractivity contribution >= 4 is 35.3 Å². The molecule has 0 aliphatic carbocycles. The molecule has 27 heavy (non-hydrogen) atoms. The fourth-order valence-electron chi connectivity index (χ4n) is 3.49. The van der Waals surface area contributed by atoms with E-state index in [1.54, 1.807) is 6.20 Å². The highest BCUT2D eigenvalue weighted by Crippen LogP contribution is 2.27. The van der Waals surface area contributed by atoms with Crippen molar-refractivity contribution in [3.8, 4) is 0 Å². The minimum absolute atomic E-state index is 0.430. The van der Waals surface area contributed by atoms with Crippen LogP contribution in [-0.2, 0) is 6.54 Å². The summed E-state index contributed by atoms with van der Waals surface area (Å²) in [5.74, 6) is 1.91. The van der Waals surface area contributed by atoms with Crippen molar-refractivity contribution in [3.05, 3.63) is 40.5 Å². The molecule has 0 spiro atoms. The van der Waals surface area contributed by atoms with Gasteiger partial charge in [-0.2, -0.15) is 4.98 Å². The summed E-state index contributed by atoms with van der Waals surface area (Å²) in [5.41, 5.74) is 3.34. The molecule has 7 heteroatoms. The van der Waals surface area contributed by atoms with Gasteiger partial charge in [0.05, 0.1) is 12.7 Å². The largest absolute Gasteiger partial charge is 0.339 e. The van der Waals surface area contributed by atoms with Crippen LogP contribution in [0.15, 0.2) is 29.4 Å². The van der Waals surface area contributed by atoms with Crippen LogP contribution in [0.2, 0.25) is 5.02 Å². The molecule has 2 aliphatic rings. The monoisotopic (exact) mass is 384 g/mol. The molecule has 0 radical (unpaired) electrons. The van der Waals surface area contributed by atoms with E-state index in [0.29, 0.717) is 22.8 Å². The summed E-state index contributed by atoms with van der Waals surface area (Å²) in [5, 5.41) is 7.48. The van der Waals surface area contributed by atoms with Crippen LogP contribution in [0.25, 0.3) is 0 Å². The fraction of sp³-hybridized carbons (Fsp3) is 0.450. The first-order valence-corrected chi connectivity index (χ1v) is 9.88. The molecule has 1 fully saturated rings. The molecule has 2 N–H and O–H groups in total. The highest BCUT2D eigenvalue weighted by Gasteiger charge is 2.22. The average molecular weight is 385 g/mol. The average Bonchev–Trinajstić information content (AvgIpc) is 2.97. The second-order valence-corrected chi connectivity index (χ2v) is 7.89. The van der Waals surface area contributed by atoms with Crippen molar-refractivity contribution in [3.63, 3.8) is 0 Å². The zero-order valence-corrected chi connectivity index (χ0v) is 16.5. The Morgan fingerprint density at radius 1 is 1.33 bits per heavy atom. The second-order valence-electron chi connectivity index (χ2n) is 7.48. The van der Waals surface area contributed by atoms with Crippen molar-refractivity contribution < 1.29 is 0 Å². The molecule has 0 amide bonds. The Labute approximate surface area is 165 Å². The third kappa shape index (κ3) is 4.06. The lowest BCUT2D eigenvalue weighted by molar-refractivity contribution is 0.419. The van der Waals surface area contributed by atoms with Gasteiger partial charge in [-0.05, 0) is 42.1 Å². The van der Waals surface area contributed by atoms with E-state index >= 15 is 0 Å². The quantitative estimate of drug-likeness (QED) is 0.842. The molecule has 2 aromatic rings. The molecule has 2 aliphatic heterocycles. The van der Waals surface area contributed by atoms with Crippen LogP contribution < -0.4 is 15.5 Å². The van der Waals surface area contributed by atoms with Gasteiger partial charge in [0.2, 0.25) is 5.95 Å². The summed E-state index contributed by atoms with van der Waals surface area (Å²) in [6.45, 7) is 8.10. The lowest BCUT2D eigenvalue weighted by Crippen LogP contribution is -2.41. The maximum atomic E-state index is 6.37. The molecule has 0 saturated carbocycles. The van der Waals surface area contributed by atoms with Crippen LogP contribution in [0.5, 0.6) is 0 Å². The van der Waals surface area contributed by atoms with Gasteiger partial charge in [-0.25, -0.2) is 4.98 Å². The van der Waals surface area contributed by atoms with E-state index in [2.05, 4.69) is 51.5 Å². The standard InChI is InChI=1S/C20H25ClN6/c1-13(2)18-12-27(7-3-6-23-18)20-24-11-17(21)19(26-20)25-16-5-4-14-9-22-10-15(14)8-16/h4-5,8,10-11,13,18,23H,3,6-7,9,12H2,1-2H3,(H,24,25,26). The van der Waals surface area contributed by atoms with E-state index in [-0.39, 0.29) is 0 Å². The summed E-state index contributed by atoms with van der Waals surface area (Å²) in [6.07, 6.45) is 4.66. The van der Waals surface area contributed by atoms with Crippen LogP contribution in [0.4, 0.5) is 17.5 Å². The van der Waals surface area contributed by atoms with E-state index in [9.17, 15) is 0 Å². The topological polar surface area (TPSA) is 65.4 Å². The van der Waals surface area contributed by atoms with Crippen molar-refractivity contribution in [2.45, 2.75) is 32.9 Å². The summed E-state index contributed by atoms with van der Waals surface area (Å²) in [4.78, 5) is 15.8. The fourth-order valence-corrected chi connectivity index (χ4v) is 3.63. The summed E-state index contributed by atoms with van der Waals surface area (Å²) >= 11 is 6.37. The van der Waals surface area contributed by atoms with Crippen molar-refractivity contribution in [2.75, 3.05) is 29.9 Å². The Morgan fingerprint density at radius 3 is 3.07 bits per heavy atom. The predicted octanol–water partition coefficient (Wildman–Crippen LogP) is 3.63.